The molecule has 0 aliphatic carbocycles. The zero-order valence-electron chi connectivity index (χ0n) is 11.8. The quantitative estimate of drug-likeness (QED) is 0.890. The normalized spacial score (nSPS) is 13.2. The number of hydrogen-bond acceptors (Lipinski definition) is 5. The Morgan fingerprint density at radius 3 is 2.57 bits per heavy atom. The van der Waals surface area contributed by atoms with E-state index in [9.17, 15) is 8.42 Å². The summed E-state index contributed by atoms with van der Waals surface area (Å²) >= 11 is 7.71. The third-order valence-electron chi connectivity index (χ3n) is 2.97. The van der Waals surface area contributed by atoms with E-state index >= 15 is 0 Å². The lowest BCUT2D eigenvalue weighted by Gasteiger charge is -2.16. The third-order valence-corrected chi connectivity index (χ3v) is 5.47. The van der Waals surface area contributed by atoms with Crippen LogP contribution in [0.25, 0.3) is 0 Å². The second-order valence-corrected chi connectivity index (χ2v) is 7.94. The Hall–Kier alpha value is -1.15. The van der Waals surface area contributed by atoms with E-state index in [0.29, 0.717) is 10.7 Å². The second kappa shape index (κ2) is 5.92. The molecule has 2 rings (SSSR count). The number of sulfonamides is 1. The first-order chi connectivity index (χ1) is 9.68. The van der Waals surface area contributed by atoms with Crippen molar-refractivity contribution in [1.82, 2.24) is 4.98 Å². The van der Waals surface area contributed by atoms with Crippen molar-refractivity contribution in [2.75, 3.05) is 5.32 Å². The van der Waals surface area contributed by atoms with Crippen LogP contribution in [0.5, 0.6) is 0 Å². The number of primary sulfonamides is 1. The maximum atomic E-state index is 11.4. The Kier molecular flexibility index (Phi) is 4.57. The SMILES string of the molecule is Cc1nc(C)c(C(C)Nc2cc(S(N)(=O)=O)ccc2Cl)s1. The van der Waals surface area contributed by atoms with Crippen molar-refractivity contribution in [3.05, 3.63) is 38.8 Å². The van der Waals surface area contributed by atoms with Crippen molar-refractivity contribution in [3.8, 4) is 0 Å². The summed E-state index contributed by atoms with van der Waals surface area (Å²) in [5.74, 6) is 0. The number of anilines is 1. The molecule has 5 nitrogen and oxygen atoms in total. The molecule has 0 aliphatic rings. The Bertz CT molecular complexity index is 772. The number of benzene rings is 1. The molecule has 21 heavy (non-hydrogen) atoms. The van der Waals surface area contributed by atoms with Crippen molar-refractivity contribution in [2.24, 2.45) is 5.14 Å². The largest absolute Gasteiger partial charge is 0.376 e. The molecule has 1 aromatic heterocycles. The number of nitrogens with two attached hydrogens (primary N) is 1. The fraction of sp³-hybridized carbons (Fsp3) is 0.308. The van der Waals surface area contributed by atoms with Crippen LogP contribution in [-0.4, -0.2) is 13.4 Å². The minimum Gasteiger partial charge on any atom is -0.376 e. The first-order valence-electron chi connectivity index (χ1n) is 6.21. The number of nitrogens with zero attached hydrogens (tertiary/aromatic N) is 1. The molecule has 1 heterocycles. The molecule has 0 radical (unpaired) electrons. The van der Waals surface area contributed by atoms with Gasteiger partial charge in [0.25, 0.3) is 0 Å². The molecular formula is C13H16ClN3O2S2. The monoisotopic (exact) mass is 345 g/mol. The Morgan fingerprint density at radius 2 is 2.05 bits per heavy atom. The Labute approximate surface area is 133 Å². The minimum atomic E-state index is -3.75. The summed E-state index contributed by atoms with van der Waals surface area (Å²) in [6.07, 6.45) is 0. The molecule has 0 amide bonds. The molecular weight excluding hydrogens is 330 g/mol. The van der Waals surface area contributed by atoms with Crippen LogP contribution >= 0.6 is 22.9 Å². The number of aryl methyl sites for hydroxylation is 2. The molecule has 0 bridgehead atoms. The molecule has 0 fully saturated rings. The van der Waals surface area contributed by atoms with Crippen LogP contribution in [0.15, 0.2) is 23.1 Å². The molecule has 1 atom stereocenters. The van der Waals surface area contributed by atoms with Gasteiger partial charge in [-0.05, 0) is 39.0 Å². The first kappa shape index (κ1) is 16.2. The number of thiazole rings is 1. The summed E-state index contributed by atoms with van der Waals surface area (Å²) in [6, 6.07) is 4.30. The van der Waals surface area contributed by atoms with Gasteiger partial charge in [0.2, 0.25) is 10.0 Å². The van der Waals surface area contributed by atoms with Crippen LogP contribution in [0.2, 0.25) is 5.02 Å². The Balaban J connectivity index is 2.33. The lowest BCUT2D eigenvalue weighted by molar-refractivity contribution is 0.598. The van der Waals surface area contributed by atoms with Gasteiger partial charge in [0.1, 0.15) is 0 Å². The van der Waals surface area contributed by atoms with Gasteiger partial charge in [0, 0.05) is 4.88 Å². The van der Waals surface area contributed by atoms with E-state index in [1.807, 2.05) is 20.8 Å². The van der Waals surface area contributed by atoms with Crippen LogP contribution in [0, 0.1) is 13.8 Å². The van der Waals surface area contributed by atoms with Gasteiger partial charge in [0.05, 0.1) is 32.3 Å². The molecule has 2 aromatic rings. The van der Waals surface area contributed by atoms with Crippen LogP contribution in [0.3, 0.4) is 0 Å². The highest BCUT2D eigenvalue weighted by Gasteiger charge is 2.16. The van der Waals surface area contributed by atoms with Gasteiger partial charge >= 0.3 is 0 Å². The number of hydrogen-bond donors (Lipinski definition) is 2. The number of aromatic nitrogens is 1. The van der Waals surface area contributed by atoms with Crippen molar-refractivity contribution >= 4 is 38.6 Å². The molecule has 0 aliphatic heterocycles. The van der Waals surface area contributed by atoms with E-state index in [1.54, 1.807) is 11.3 Å². The van der Waals surface area contributed by atoms with Gasteiger partial charge < -0.3 is 5.32 Å². The maximum absolute atomic E-state index is 11.4. The van der Waals surface area contributed by atoms with Gasteiger partial charge in [-0.25, -0.2) is 18.5 Å². The zero-order chi connectivity index (χ0) is 15.8. The zero-order valence-corrected chi connectivity index (χ0v) is 14.2. The van der Waals surface area contributed by atoms with E-state index in [0.717, 1.165) is 15.6 Å². The minimum absolute atomic E-state index is 0.0267. The van der Waals surface area contributed by atoms with E-state index in [2.05, 4.69) is 10.3 Å². The molecule has 114 valence electrons. The van der Waals surface area contributed by atoms with Crippen LogP contribution in [0.1, 0.15) is 28.5 Å². The third kappa shape index (κ3) is 3.74. The van der Waals surface area contributed by atoms with E-state index < -0.39 is 10.0 Å². The lowest BCUT2D eigenvalue weighted by Crippen LogP contribution is -2.13. The summed E-state index contributed by atoms with van der Waals surface area (Å²) in [5.41, 5.74) is 1.48. The van der Waals surface area contributed by atoms with Gasteiger partial charge in [-0.2, -0.15) is 0 Å². The van der Waals surface area contributed by atoms with Gasteiger partial charge in [-0.3, -0.25) is 0 Å². The fourth-order valence-corrected chi connectivity index (χ4v) is 3.68. The summed E-state index contributed by atoms with van der Waals surface area (Å²) < 4.78 is 22.8. The van der Waals surface area contributed by atoms with E-state index in [4.69, 9.17) is 16.7 Å². The number of halogens is 1. The highest BCUT2D eigenvalue weighted by Crippen LogP contribution is 2.31. The molecule has 8 heteroatoms. The molecule has 0 saturated heterocycles. The van der Waals surface area contributed by atoms with Gasteiger partial charge in [0.15, 0.2) is 0 Å². The van der Waals surface area contributed by atoms with Crippen molar-refractivity contribution in [2.45, 2.75) is 31.7 Å². The van der Waals surface area contributed by atoms with Crippen molar-refractivity contribution < 1.29 is 8.42 Å². The predicted molar refractivity (Wildman–Crippen MR) is 86.5 cm³/mol. The molecule has 1 aromatic carbocycles. The maximum Gasteiger partial charge on any atom is 0.238 e. The predicted octanol–water partition coefficient (Wildman–Crippen LogP) is 3.23. The fourth-order valence-electron chi connectivity index (χ4n) is 2.04. The van der Waals surface area contributed by atoms with Gasteiger partial charge in [-0.15, -0.1) is 11.3 Å². The van der Waals surface area contributed by atoms with Crippen LogP contribution in [-0.2, 0) is 10.0 Å². The first-order valence-corrected chi connectivity index (χ1v) is 8.95. The standard InChI is InChI=1S/C13H16ClN3O2S2/c1-7-13(20-9(3)16-7)8(2)17-12-6-10(21(15,18)19)4-5-11(12)14/h4-6,8,17H,1-3H3,(H2,15,18,19). The highest BCUT2D eigenvalue weighted by atomic mass is 35.5. The smallest absolute Gasteiger partial charge is 0.238 e. The highest BCUT2D eigenvalue weighted by molar-refractivity contribution is 7.89. The molecule has 0 saturated carbocycles. The second-order valence-electron chi connectivity index (χ2n) is 4.74. The average molecular weight is 346 g/mol. The molecule has 1 unspecified atom stereocenters. The molecule has 3 N–H and O–H groups in total. The summed E-state index contributed by atoms with van der Waals surface area (Å²) in [5, 5.41) is 9.77. The van der Waals surface area contributed by atoms with Gasteiger partial charge in [-0.1, -0.05) is 11.6 Å². The van der Waals surface area contributed by atoms with Crippen molar-refractivity contribution in [1.29, 1.82) is 0 Å². The number of nitrogens with one attached hydrogen (secondary N) is 1. The molecule has 0 spiro atoms. The topological polar surface area (TPSA) is 85.1 Å². The summed E-state index contributed by atoms with van der Waals surface area (Å²) in [4.78, 5) is 5.50. The van der Waals surface area contributed by atoms with Crippen LogP contribution in [0.4, 0.5) is 5.69 Å². The lowest BCUT2D eigenvalue weighted by atomic mass is 10.2. The Morgan fingerprint density at radius 1 is 1.38 bits per heavy atom. The summed E-state index contributed by atoms with van der Waals surface area (Å²) in [6.45, 7) is 5.86. The van der Waals surface area contributed by atoms with E-state index in [-0.39, 0.29) is 10.9 Å². The van der Waals surface area contributed by atoms with Crippen LogP contribution < -0.4 is 10.5 Å². The number of rotatable bonds is 4. The van der Waals surface area contributed by atoms with Crippen molar-refractivity contribution in [3.63, 3.8) is 0 Å². The average Bonchev–Trinajstić information content (AvgIpc) is 2.70. The summed E-state index contributed by atoms with van der Waals surface area (Å²) in [7, 11) is -3.75. The van der Waals surface area contributed by atoms with E-state index in [1.165, 1.54) is 18.2 Å².